The van der Waals surface area contributed by atoms with Crippen LogP contribution in [0.5, 0.6) is 0 Å². The van der Waals surface area contributed by atoms with Gasteiger partial charge in [0.2, 0.25) is 21.8 Å². The SMILES string of the molecule is NC(=O)C1CCCN(c2ccc(NC(=O)CCc3ccc(S(=O)(=O)N4CCCCC4)cc3)cn2)C1. The number of nitrogens with zero attached hydrogens (tertiary/aromatic N) is 3. The zero-order chi connectivity index (χ0) is 24.8. The molecule has 4 rings (SSSR count). The van der Waals surface area contributed by atoms with E-state index in [9.17, 15) is 18.0 Å². The fourth-order valence-electron chi connectivity index (χ4n) is 4.63. The summed E-state index contributed by atoms with van der Waals surface area (Å²) in [7, 11) is -3.45. The van der Waals surface area contributed by atoms with Crippen LogP contribution in [0.4, 0.5) is 11.5 Å². The van der Waals surface area contributed by atoms with Gasteiger partial charge in [-0.2, -0.15) is 4.31 Å². The molecule has 188 valence electrons. The lowest BCUT2D eigenvalue weighted by atomic mass is 9.97. The Hall–Kier alpha value is -2.98. The molecule has 3 N–H and O–H groups in total. The van der Waals surface area contributed by atoms with Crippen molar-refractivity contribution < 1.29 is 18.0 Å². The van der Waals surface area contributed by atoms with E-state index in [-0.39, 0.29) is 24.2 Å². The van der Waals surface area contributed by atoms with E-state index in [1.165, 1.54) is 0 Å². The molecule has 2 amide bonds. The molecule has 2 aliphatic heterocycles. The molecule has 0 saturated carbocycles. The standard InChI is InChI=1S/C25H33N5O4S/c26-25(32)20-5-4-14-29(18-20)23-12-9-21(17-27-23)28-24(31)13-8-19-6-10-22(11-7-19)35(33,34)30-15-2-1-3-16-30/h6-7,9-12,17,20H,1-5,8,13-16,18H2,(H2,26,32)(H,28,31). The Kier molecular flexibility index (Phi) is 8.02. The first kappa shape index (κ1) is 25.1. The van der Waals surface area contributed by atoms with Crippen molar-refractivity contribution in [2.45, 2.75) is 49.8 Å². The molecule has 10 heteroatoms. The first-order valence-corrected chi connectivity index (χ1v) is 13.7. The van der Waals surface area contributed by atoms with Crippen LogP contribution in [0.1, 0.15) is 44.1 Å². The van der Waals surface area contributed by atoms with E-state index in [0.717, 1.165) is 50.0 Å². The number of amides is 2. The van der Waals surface area contributed by atoms with E-state index in [4.69, 9.17) is 5.73 Å². The average Bonchev–Trinajstić information content (AvgIpc) is 2.89. The number of piperidine rings is 2. The molecular weight excluding hydrogens is 466 g/mol. The second kappa shape index (κ2) is 11.2. The topological polar surface area (TPSA) is 126 Å². The molecular formula is C25H33N5O4S. The number of rotatable bonds is 8. The second-order valence-corrected chi connectivity index (χ2v) is 11.2. The highest BCUT2D eigenvalue weighted by atomic mass is 32.2. The van der Waals surface area contributed by atoms with Gasteiger partial charge in [0, 0.05) is 32.6 Å². The number of hydrogen-bond donors (Lipinski definition) is 2. The third-order valence-electron chi connectivity index (χ3n) is 6.70. The van der Waals surface area contributed by atoms with E-state index >= 15 is 0 Å². The van der Waals surface area contributed by atoms with Crippen LogP contribution in [-0.2, 0) is 26.0 Å². The molecule has 2 fully saturated rings. The van der Waals surface area contributed by atoms with Gasteiger partial charge in [0.15, 0.2) is 0 Å². The van der Waals surface area contributed by atoms with Gasteiger partial charge in [-0.15, -0.1) is 0 Å². The summed E-state index contributed by atoms with van der Waals surface area (Å²) in [5, 5.41) is 2.85. The Labute approximate surface area is 206 Å². The maximum atomic E-state index is 12.8. The summed E-state index contributed by atoms with van der Waals surface area (Å²) in [5.74, 6) is 0.172. The molecule has 0 aliphatic carbocycles. The van der Waals surface area contributed by atoms with E-state index in [1.54, 1.807) is 40.8 Å². The van der Waals surface area contributed by atoms with Gasteiger partial charge < -0.3 is 16.0 Å². The molecule has 0 radical (unpaired) electrons. The number of carbonyl (C=O) groups excluding carboxylic acids is 2. The summed E-state index contributed by atoms with van der Waals surface area (Å²) < 4.78 is 27.1. The number of aryl methyl sites for hydroxylation is 1. The van der Waals surface area contributed by atoms with E-state index < -0.39 is 10.0 Å². The van der Waals surface area contributed by atoms with Crippen LogP contribution in [0.15, 0.2) is 47.5 Å². The smallest absolute Gasteiger partial charge is 0.243 e. The van der Waals surface area contributed by atoms with Crippen molar-refractivity contribution in [3.63, 3.8) is 0 Å². The molecule has 0 spiro atoms. The van der Waals surface area contributed by atoms with Crippen LogP contribution in [-0.4, -0.2) is 55.7 Å². The van der Waals surface area contributed by atoms with Crippen LogP contribution in [0.3, 0.4) is 0 Å². The van der Waals surface area contributed by atoms with Crippen LogP contribution in [0.25, 0.3) is 0 Å². The second-order valence-electron chi connectivity index (χ2n) is 9.25. The number of hydrogen-bond acceptors (Lipinski definition) is 6. The van der Waals surface area contributed by atoms with Crippen LogP contribution >= 0.6 is 0 Å². The van der Waals surface area contributed by atoms with E-state index in [1.807, 2.05) is 11.0 Å². The Morgan fingerprint density at radius 2 is 1.74 bits per heavy atom. The molecule has 1 aromatic heterocycles. The van der Waals surface area contributed by atoms with Gasteiger partial charge in [-0.1, -0.05) is 18.6 Å². The van der Waals surface area contributed by atoms with Crippen molar-refractivity contribution in [2.24, 2.45) is 11.7 Å². The number of aromatic nitrogens is 1. The Balaban J connectivity index is 1.27. The summed E-state index contributed by atoms with van der Waals surface area (Å²) in [5.41, 5.74) is 6.96. The number of carbonyl (C=O) groups is 2. The zero-order valence-electron chi connectivity index (χ0n) is 19.9. The lowest BCUT2D eigenvalue weighted by Gasteiger charge is -2.32. The third-order valence-corrected chi connectivity index (χ3v) is 8.61. The largest absolute Gasteiger partial charge is 0.369 e. The fourth-order valence-corrected chi connectivity index (χ4v) is 6.15. The number of nitrogens with one attached hydrogen (secondary N) is 1. The van der Waals surface area contributed by atoms with Crippen LogP contribution in [0.2, 0.25) is 0 Å². The predicted molar refractivity (Wildman–Crippen MR) is 134 cm³/mol. The monoisotopic (exact) mass is 499 g/mol. The molecule has 3 heterocycles. The molecule has 1 atom stereocenters. The lowest BCUT2D eigenvalue weighted by Crippen LogP contribution is -2.41. The molecule has 2 aliphatic rings. The lowest BCUT2D eigenvalue weighted by molar-refractivity contribution is -0.122. The molecule has 0 bridgehead atoms. The number of nitrogens with two attached hydrogens (primary N) is 1. The number of primary amides is 1. The number of anilines is 2. The minimum atomic E-state index is -3.45. The molecule has 1 unspecified atom stereocenters. The summed E-state index contributed by atoms with van der Waals surface area (Å²) >= 11 is 0. The fraction of sp³-hybridized carbons (Fsp3) is 0.480. The first-order chi connectivity index (χ1) is 16.8. The van der Waals surface area contributed by atoms with Gasteiger partial charge in [-0.05, 0) is 61.9 Å². The number of pyridine rings is 1. The maximum Gasteiger partial charge on any atom is 0.243 e. The van der Waals surface area contributed by atoms with Crippen molar-refractivity contribution in [3.8, 4) is 0 Å². The van der Waals surface area contributed by atoms with Gasteiger partial charge in [0.25, 0.3) is 0 Å². The first-order valence-electron chi connectivity index (χ1n) is 12.2. The average molecular weight is 500 g/mol. The van der Waals surface area contributed by atoms with Gasteiger partial charge in [-0.25, -0.2) is 13.4 Å². The molecule has 1 aromatic carbocycles. The Morgan fingerprint density at radius 3 is 2.40 bits per heavy atom. The summed E-state index contributed by atoms with van der Waals surface area (Å²) in [6, 6.07) is 10.4. The Morgan fingerprint density at radius 1 is 1.00 bits per heavy atom. The summed E-state index contributed by atoms with van der Waals surface area (Å²) in [4.78, 5) is 30.7. The number of sulfonamides is 1. The third kappa shape index (κ3) is 6.37. The highest BCUT2D eigenvalue weighted by Gasteiger charge is 2.26. The van der Waals surface area contributed by atoms with Crippen LogP contribution < -0.4 is 16.0 Å². The summed E-state index contributed by atoms with van der Waals surface area (Å²) in [6.45, 7) is 2.53. The Bertz CT molecular complexity index is 1130. The minimum absolute atomic E-state index is 0.142. The van der Waals surface area contributed by atoms with Gasteiger partial charge in [-0.3, -0.25) is 9.59 Å². The summed E-state index contributed by atoms with van der Waals surface area (Å²) in [6.07, 6.45) is 6.95. The zero-order valence-corrected chi connectivity index (χ0v) is 20.7. The van der Waals surface area contributed by atoms with Gasteiger partial charge in [0.1, 0.15) is 5.82 Å². The number of benzene rings is 1. The van der Waals surface area contributed by atoms with Gasteiger partial charge >= 0.3 is 0 Å². The normalized spacial score (nSPS) is 19.3. The highest BCUT2D eigenvalue weighted by molar-refractivity contribution is 7.89. The van der Waals surface area contributed by atoms with Crippen LogP contribution in [0, 0.1) is 5.92 Å². The minimum Gasteiger partial charge on any atom is -0.369 e. The van der Waals surface area contributed by atoms with Crippen molar-refractivity contribution >= 4 is 33.3 Å². The molecule has 35 heavy (non-hydrogen) atoms. The highest BCUT2D eigenvalue weighted by Crippen LogP contribution is 2.23. The van der Waals surface area contributed by atoms with Crippen molar-refractivity contribution in [1.82, 2.24) is 9.29 Å². The van der Waals surface area contributed by atoms with Crippen molar-refractivity contribution in [3.05, 3.63) is 48.2 Å². The molecule has 2 aromatic rings. The van der Waals surface area contributed by atoms with E-state index in [2.05, 4.69) is 10.3 Å². The predicted octanol–water partition coefficient (Wildman–Crippen LogP) is 2.53. The molecule has 2 saturated heterocycles. The van der Waals surface area contributed by atoms with Crippen molar-refractivity contribution in [2.75, 3.05) is 36.4 Å². The molecule has 9 nitrogen and oxygen atoms in total. The maximum absolute atomic E-state index is 12.8. The quantitative estimate of drug-likeness (QED) is 0.575. The van der Waals surface area contributed by atoms with E-state index in [0.29, 0.717) is 36.6 Å². The van der Waals surface area contributed by atoms with Gasteiger partial charge in [0.05, 0.1) is 22.7 Å². The van der Waals surface area contributed by atoms with Crippen molar-refractivity contribution in [1.29, 1.82) is 0 Å².